The van der Waals surface area contributed by atoms with Crippen molar-refractivity contribution in [2.24, 2.45) is 0 Å². The second-order valence-corrected chi connectivity index (χ2v) is 5.64. The number of rotatable bonds is 5. The van der Waals surface area contributed by atoms with E-state index in [9.17, 15) is 14.4 Å². The summed E-state index contributed by atoms with van der Waals surface area (Å²) in [5.74, 6) is -0.682. The lowest BCUT2D eigenvalue weighted by Crippen LogP contribution is -2.54. The second kappa shape index (κ2) is 8.05. The number of nitriles is 1. The molecule has 0 unspecified atom stereocenters. The molecule has 1 N–H and O–H groups in total. The molecule has 0 saturated carbocycles. The van der Waals surface area contributed by atoms with Gasteiger partial charge in [0.15, 0.2) is 6.61 Å². The molecule has 0 aliphatic carbocycles. The second-order valence-electron chi connectivity index (χ2n) is 5.64. The first kappa shape index (κ1) is 18.7. The number of urea groups is 1. The predicted molar refractivity (Wildman–Crippen MR) is 99.5 cm³/mol. The molecule has 2 aromatic carbocycles. The number of benzene rings is 2. The maximum Gasteiger partial charge on any atom is 0.335 e. The van der Waals surface area contributed by atoms with Crippen LogP contribution in [-0.4, -0.2) is 31.6 Å². The zero-order chi connectivity index (χ0) is 20.1. The van der Waals surface area contributed by atoms with E-state index in [-0.39, 0.29) is 17.9 Å². The Morgan fingerprint density at radius 2 is 1.82 bits per heavy atom. The molecule has 8 heteroatoms. The topological polar surface area (TPSA) is 109 Å². The highest BCUT2D eigenvalue weighted by atomic mass is 16.5. The van der Waals surface area contributed by atoms with E-state index in [1.807, 2.05) is 6.07 Å². The molecule has 3 rings (SSSR count). The van der Waals surface area contributed by atoms with Gasteiger partial charge in [0.2, 0.25) is 0 Å². The van der Waals surface area contributed by atoms with Gasteiger partial charge in [-0.3, -0.25) is 14.9 Å². The normalized spacial score (nSPS) is 15.2. The van der Waals surface area contributed by atoms with Crippen molar-refractivity contribution in [1.82, 2.24) is 5.32 Å². The largest absolute Gasteiger partial charge is 0.497 e. The van der Waals surface area contributed by atoms with Crippen LogP contribution < -0.4 is 19.7 Å². The SMILES string of the molecule is COc1ccc(N2C(=O)NC(=O)C(=Cc3ccccc3OCC#N)C2=O)cc1. The Hall–Kier alpha value is -4.12. The monoisotopic (exact) mass is 377 g/mol. The quantitative estimate of drug-likeness (QED) is 0.632. The fourth-order valence-corrected chi connectivity index (χ4v) is 2.62. The van der Waals surface area contributed by atoms with Gasteiger partial charge >= 0.3 is 6.03 Å². The summed E-state index contributed by atoms with van der Waals surface area (Å²) in [6, 6.07) is 13.9. The highest BCUT2D eigenvalue weighted by Crippen LogP contribution is 2.26. The first-order valence-electron chi connectivity index (χ1n) is 8.19. The van der Waals surface area contributed by atoms with Crippen LogP contribution in [0.2, 0.25) is 0 Å². The van der Waals surface area contributed by atoms with Crippen molar-refractivity contribution in [2.45, 2.75) is 0 Å². The summed E-state index contributed by atoms with van der Waals surface area (Å²) in [6.45, 7) is -0.184. The van der Waals surface area contributed by atoms with Crippen molar-refractivity contribution in [3.05, 3.63) is 59.7 Å². The smallest absolute Gasteiger partial charge is 0.335 e. The number of hydrogen-bond acceptors (Lipinski definition) is 6. The van der Waals surface area contributed by atoms with E-state index in [4.69, 9.17) is 14.7 Å². The number of ether oxygens (including phenoxy) is 2. The zero-order valence-electron chi connectivity index (χ0n) is 14.8. The molecule has 0 aromatic heterocycles. The number of hydrogen-bond donors (Lipinski definition) is 1. The van der Waals surface area contributed by atoms with Crippen LogP contribution in [0.15, 0.2) is 54.1 Å². The maximum atomic E-state index is 12.9. The molecule has 1 aliphatic rings. The van der Waals surface area contributed by atoms with Crippen molar-refractivity contribution >= 4 is 29.6 Å². The minimum Gasteiger partial charge on any atom is -0.497 e. The van der Waals surface area contributed by atoms with Crippen molar-refractivity contribution in [3.63, 3.8) is 0 Å². The Balaban J connectivity index is 1.98. The van der Waals surface area contributed by atoms with Gasteiger partial charge in [-0.1, -0.05) is 18.2 Å². The third kappa shape index (κ3) is 3.68. The molecule has 0 bridgehead atoms. The lowest BCUT2D eigenvalue weighted by atomic mass is 10.1. The van der Waals surface area contributed by atoms with Crippen LogP contribution >= 0.6 is 0 Å². The van der Waals surface area contributed by atoms with Gasteiger partial charge in [0.25, 0.3) is 11.8 Å². The van der Waals surface area contributed by atoms with Crippen LogP contribution in [0, 0.1) is 11.3 Å². The van der Waals surface area contributed by atoms with Gasteiger partial charge in [0.05, 0.1) is 12.8 Å². The molecule has 1 fully saturated rings. The minimum absolute atomic E-state index is 0.184. The standard InChI is InChI=1S/C20H15N3O5/c1-27-15-8-6-14(7-9-15)23-19(25)16(18(24)22-20(23)26)12-13-4-2-3-5-17(13)28-11-10-21/h2-9,12H,11H2,1H3,(H,22,24,26). The fourth-order valence-electron chi connectivity index (χ4n) is 2.62. The van der Waals surface area contributed by atoms with E-state index in [0.717, 1.165) is 4.90 Å². The van der Waals surface area contributed by atoms with Crippen molar-refractivity contribution in [2.75, 3.05) is 18.6 Å². The van der Waals surface area contributed by atoms with Crippen LogP contribution in [0.3, 0.4) is 0 Å². The van der Waals surface area contributed by atoms with Crippen LogP contribution in [0.5, 0.6) is 11.5 Å². The molecular weight excluding hydrogens is 362 g/mol. The molecule has 4 amide bonds. The summed E-state index contributed by atoms with van der Waals surface area (Å²) in [4.78, 5) is 38.2. The van der Waals surface area contributed by atoms with E-state index in [2.05, 4.69) is 5.32 Å². The van der Waals surface area contributed by atoms with Gasteiger partial charge < -0.3 is 9.47 Å². The summed E-state index contributed by atoms with van der Waals surface area (Å²) < 4.78 is 10.4. The van der Waals surface area contributed by atoms with Gasteiger partial charge in [-0.15, -0.1) is 0 Å². The first-order valence-corrected chi connectivity index (χ1v) is 8.19. The highest BCUT2D eigenvalue weighted by Gasteiger charge is 2.36. The lowest BCUT2D eigenvalue weighted by Gasteiger charge is -2.26. The molecule has 140 valence electrons. The van der Waals surface area contributed by atoms with Gasteiger partial charge in [-0.2, -0.15) is 5.26 Å². The van der Waals surface area contributed by atoms with Gasteiger partial charge in [0.1, 0.15) is 23.1 Å². The van der Waals surface area contributed by atoms with E-state index >= 15 is 0 Å². The molecule has 2 aromatic rings. The van der Waals surface area contributed by atoms with E-state index in [1.165, 1.54) is 25.3 Å². The van der Waals surface area contributed by atoms with Crippen molar-refractivity contribution < 1.29 is 23.9 Å². The molecule has 1 aliphatic heterocycles. The van der Waals surface area contributed by atoms with Gasteiger partial charge in [-0.05, 0) is 36.4 Å². The summed E-state index contributed by atoms with van der Waals surface area (Å²) in [5.41, 5.74) is 0.486. The molecule has 1 saturated heterocycles. The highest BCUT2D eigenvalue weighted by molar-refractivity contribution is 6.39. The summed E-state index contributed by atoms with van der Waals surface area (Å²) in [5, 5.41) is 10.8. The Morgan fingerprint density at radius 3 is 2.50 bits per heavy atom. The van der Waals surface area contributed by atoms with Crippen LogP contribution in [0.1, 0.15) is 5.56 Å². The Morgan fingerprint density at radius 1 is 1.11 bits per heavy atom. The maximum absolute atomic E-state index is 12.9. The Labute approximate surface area is 160 Å². The van der Waals surface area contributed by atoms with Crippen LogP contribution in [0.4, 0.5) is 10.5 Å². The minimum atomic E-state index is -0.841. The third-order valence-electron chi connectivity index (χ3n) is 3.94. The van der Waals surface area contributed by atoms with Gasteiger partial charge in [-0.25, -0.2) is 9.69 Å². The lowest BCUT2D eigenvalue weighted by molar-refractivity contribution is -0.122. The third-order valence-corrected chi connectivity index (χ3v) is 3.94. The predicted octanol–water partition coefficient (Wildman–Crippen LogP) is 2.26. The molecule has 0 atom stereocenters. The molecule has 0 spiro atoms. The molecule has 28 heavy (non-hydrogen) atoms. The molecule has 8 nitrogen and oxygen atoms in total. The fraction of sp³-hybridized carbons (Fsp3) is 0.100. The first-order chi connectivity index (χ1) is 13.5. The summed E-state index contributed by atoms with van der Waals surface area (Å²) in [6.07, 6.45) is 1.33. The molecule has 1 heterocycles. The number of amides is 4. The number of nitrogens with zero attached hydrogens (tertiary/aromatic N) is 2. The van der Waals surface area contributed by atoms with Crippen molar-refractivity contribution in [3.8, 4) is 17.6 Å². The number of imide groups is 2. The summed E-state index contributed by atoms with van der Waals surface area (Å²) in [7, 11) is 1.50. The number of methoxy groups -OCH3 is 1. The van der Waals surface area contributed by atoms with Crippen molar-refractivity contribution in [1.29, 1.82) is 5.26 Å². The van der Waals surface area contributed by atoms with Gasteiger partial charge in [0, 0.05) is 5.56 Å². The number of para-hydroxylation sites is 1. The average molecular weight is 377 g/mol. The van der Waals surface area contributed by atoms with E-state index in [0.29, 0.717) is 17.1 Å². The van der Waals surface area contributed by atoms with E-state index in [1.54, 1.807) is 36.4 Å². The van der Waals surface area contributed by atoms with Crippen LogP contribution in [0.25, 0.3) is 6.08 Å². The molecule has 0 radical (unpaired) electrons. The number of barbiturate groups is 1. The molecular formula is C20H15N3O5. The Bertz CT molecular complexity index is 1010. The average Bonchev–Trinajstić information content (AvgIpc) is 2.70. The van der Waals surface area contributed by atoms with Crippen LogP contribution in [-0.2, 0) is 9.59 Å². The zero-order valence-corrected chi connectivity index (χ0v) is 14.8. The van der Waals surface area contributed by atoms with E-state index < -0.39 is 17.8 Å². The number of carbonyl (C=O) groups is 3. The summed E-state index contributed by atoms with van der Waals surface area (Å²) >= 11 is 0. The number of nitrogens with one attached hydrogen (secondary N) is 1. The number of anilines is 1. The number of carbonyl (C=O) groups excluding carboxylic acids is 3. The Kier molecular flexibility index (Phi) is 5.37.